The van der Waals surface area contributed by atoms with Crippen LogP contribution in [0.3, 0.4) is 0 Å². The van der Waals surface area contributed by atoms with Gasteiger partial charge in [0.2, 0.25) is 5.89 Å². The van der Waals surface area contributed by atoms with Crippen LogP contribution in [0.4, 0.5) is 5.69 Å². The number of methoxy groups -OCH3 is 1. The van der Waals surface area contributed by atoms with Crippen LogP contribution < -0.4 is 20.1 Å². The number of rotatable bonds is 7. The molecule has 1 aromatic heterocycles. The number of carbonyl (C=O) groups excluding carboxylic acids is 1. The van der Waals surface area contributed by atoms with E-state index >= 15 is 0 Å². The number of anilines is 1. The Morgan fingerprint density at radius 2 is 1.69 bits per heavy atom. The summed E-state index contributed by atoms with van der Waals surface area (Å²) in [6.07, 6.45) is 0. The minimum atomic E-state index is -0.345. The zero-order chi connectivity index (χ0) is 27.4. The minimum Gasteiger partial charge on any atom is -0.495 e. The number of nitrogens with zero attached hydrogens (tertiary/aromatic N) is 1. The molecular weight excluding hydrogens is 510 g/mol. The fourth-order valence-electron chi connectivity index (χ4n) is 4.01. The van der Waals surface area contributed by atoms with Gasteiger partial charge in [-0.25, -0.2) is 4.98 Å². The van der Waals surface area contributed by atoms with E-state index < -0.39 is 0 Å². The quantitative estimate of drug-likeness (QED) is 0.220. The van der Waals surface area contributed by atoms with Crippen LogP contribution in [0, 0.1) is 13.8 Å². The van der Waals surface area contributed by atoms with Crippen molar-refractivity contribution >= 4 is 40.0 Å². The maximum atomic E-state index is 12.8. The first-order chi connectivity index (χ1) is 18.9. The van der Waals surface area contributed by atoms with Crippen LogP contribution in [0.15, 0.2) is 89.3 Å². The van der Waals surface area contributed by atoms with Crippen molar-refractivity contribution in [1.82, 2.24) is 10.3 Å². The Kier molecular flexibility index (Phi) is 7.56. The van der Waals surface area contributed by atoms with Gasteiger partial charge in [-0.1, -0.05) is 30.3 Å². The van der Waals surface area contributed by atoms with Crippen LogP contribution in [-0.4, -0.2) is 23.1 Å². The Balaban J connectivity index is 1.25. The maximum Gasteiger partial charge on any atom is 0.257 e. The lowest BCUT2D eigenvalue weighted by atomic mass is 10.1. The molecule has 0 radical (unpaired) electrons. The summed E-state index contributed by atoms with van der Waals surface area (Å²) in [4.78, 5) is 17.4. The van der Waals surface area contributed by atoms with E-state index in [1.807, 2.05) is 68.4 Å². The van der Waals surface area contributed by atoms with Crippen LogP contribution in [0.2, 0.25) is 0 Å². The van der Waals surface area contributed by atoms with Crippen LogP contribution in [-0.2, 0) is 6.61 Å². The molecule has 4 aromatic carbocycles. The molecule has 5 aromatic rings. The number of aromatic nitrogens is 1. The van der Waals surface area contributed by atoms with Crippen LogP contribution >= 0.6 is 12.2 Å². The first-order valence-electron chi connectivity index (χ1n) is 12.3. The molecular formula is C31H27N3O4S. The van der Waals surface area contributed by atoms with E-state index in [4.69, 9.17) is 26.1 Å². The molecule has 196 valence electrons. The summed E-state index contributed by atoms with van der Waals surface area (Å²) < 4.78 is 17.3. The molecule has 8 heteroatoms. The molecule has 0 unspecified atom stereocenters. The number of benzene rings is 4. The lowest BCUT2D eigenvalue weighted by Crippen LogP contribution is -2.34. The van der Waals surface area contributed by atoms with E-state index in [9.17, 15) is 4.79 Å². The predicted molar refractivity (Wildman–Crippen MR) is 156 cm³/mol. The van der Waals surface area contributed by atoms with Gasteiger partial charge in [-0.15, -0.1) is 0 Å². The summed E-state index contributed by atoms with van der Waals surface area (Å²) in [6, 6.07) is 26.2. The zero-order valence-corrected chi connectivity index (χ0v) is 22.6. The number of thiocarbonyl (C=S) groups is 1. The fourth-order valence-corrected chi connectivity index (χ4v) is 4.22. The third kappa shape index (κ3) is 6.08. The summed E-state index contributed by atoms with van der Waals surface area (Å²) in [5, 5.41) is 5.90. The topological polar surface area (TPSA) is 85.6 Å². The average molecular weight is 538 g/mol. The highest BCUT2D eigenvalue weighted by Crippen LogP contribution is 2.32. The molecule has 1 amide bonds. The molecule has 2 N–H and O–H groups in total. The number of aryl methyl sites for hydroxylation is 2. The predicted octanol–water partition coefficient (Wildman–Crippen LogP) is 6.83. The van der Waals surface area contributed by atoms with E-state index in [1.165, 1.54) is 0 Å². The van der Waals surface area contributed by atoms with Gasteiger partial charge in [-0.05, 0) is 97.4 Å². The molecule has 0 aliphatic heterocycles. The Hall–Kier alpha value is -4.69. The largest absolute Gasteiger partial charge is 0.495 e. The molecule has 1 heterocycles. The Morgan fingerprint density at radius 3 is 2.44 bits per heavy atom. The summed E-state index contributed by atoms with van der Waals surface area (Å²) in [5.74, 6) is 1.35. The molecule has 5 rings (SSSR count). The molecule has 0 spiro atoms. The van der Waals surface area contributed by atoms with Gasteiger partial charge in [0, 0.05) is 11.1 Å². The standard InChI is InChI=1S/C31H27N3O4S/c1-19-15-25-28(16-20(19)2)38-30(32-25)23-11-14-27(36-3)26(17-23)33-31(39)34-29(35)22-9-12-24(13-10-22)37-18-21-7-5-4-6-8-21/h4-17H,18H2,1-3H3,(H2,33,34,35,39). The van der Waals surface area contributed by atoms with Gasteiger partial charge in [0.05, 0.1) is 12.8 Å². The fraction of sp³-hybridized carbons (Fsp3) is 0.129. The number of amides is 1. The van der Waals surface area contributed by atoms with Crippen molar-refractivity contribution in [3.8, 4) is 23.0 Å². The van der Waals surface area contributed by atoms with Crippen LogP contribution in [0.1, 0.15) is 27.0 Å². The van der Waals surface area contributed by atoms with Gasteiger partial charge >= 0.3 is 0 Å². The van der Waals surface area contributed by atoms with E-state index in [0.29, 0.717) is 35.2 Å². The number of ether oxygens (including phenoxy) is 2. The molecule has 0 saturated heterocycles. The van der Waals surface area contributed by atoms with Gasteiger partial charge in [-0.2, -0.15) is 0 Å². The first kappa shape index (κ1) is 25.9. The lowest BCUT2D eigenvalue weighted by molar-refractivity contribution is 0.0977. The first-order valence-corrected chi connectivity index (χ1v) is 12.8. The van der Waals surface area contributed by atoms with Gasteiger partial charge < -0.3 is 19.2 Å². The van der Waals surface area contributed by atoms with Gasteiger partial charge in [0.1, 0.15) is 23.6 Å². The SMILES string of the molecule is COc1ccc(-c2nc3cc(C)c(C)cc3o2)cc1NC(=S)NC(=O)c1ccc(OCc2ccccc2)cc1. The van der Waals surface area contributed by atoms with Crippen molar-refractivity contribution in [2.45, 2.75) is 20.5 Å². The maximum absolute atomic E-state index is 12.8. The monoisotopic (exact) mass is 537 g/mol. The summed E-state index contributed by atoms with van der Waals surface area (Å²) >= 11 is 5.42. The van der Waals surface area contributed by atoms with Crippen LogP contribution in [0.25, 0.3) is 22.6 Å². The van der Waals surface area contributed by atoms with E-state index in [2.05, 4.69) is 15.6 Å². The van der Waals surface area contributed by atoms with Crippen molar-refractivity contribution in [3.05, 3.63) is 107 Å². The van der Waals surface area contributed by atoms with Gasteiger partial charge in [0.25, 0.3) is 5.91 Å². The van der Waals surface area contributed by atoms with E-state index in [1.54, 1.807) is 37.4 Å². The van der Waals surface area contributed by atoms with Crippen LogP contribution in [0.5, 0.6) is 11.5 Å². The number of hydrogen-bond acceptors (Lipinski definition) is 6. The molecule has 0 atom stereocenters. The number of fused-ring (bicyclic) bond motifs is 1. The smallest absolute Gasteiger partial charge is 0.257 e. The normalized spacial score (nSPS) is 10.7. The molecule has 0 aliphatic rings. The molecule has 0 bridgehead atoms. The Morgan fingerprint density at radius 1 is 0.949 bits per heavy atom. The lowest BCUT2D eigenvalue weighted by Gasteiger charge is -2.14. The molecule has 0 aliphatic carbocycles. The molecule has 0 saturated carbocycles. The summed E-state index contributed by atoms with van der Waals surface area (Å²) in [7, 11) is 1.56. The second-order valence-electron chi connectivity index (χ2n) is 9.05. The highest BCUT2D eigenvalue weighted by Gasteiger charge is 2.15. The minimum absolute atomic E-state index is 0.128. The van der Waals surface area contributed by atoms with E-state index in [-0.39, 0.29) is 11.0 Å². The van der Waals surface area contributed by atoms with Gasteiger partial charge in [0.15, 0.2) is 10.7 Å². The Labute approximate surface area is 231 Å². The highest BCUT2D eigenvalue weighted by atomic mass is 32.1. The van der Waals surface area contributed by atoms with E-state index in [0.717, 1.165) is 33.4 Å². The number of carbonyl (C=O) groups is 1. The molecule has 7 nitrogen and oxygen atoms in total. The average Bonchev–Trinajstić information content (AvgIpc) is 3.35. The second-order valence-corrected chi connectivity index (χ2v) is 9.45. The number of nitrogens with one attached hydrogen (secondary N) is 2. The molecule has 39 heavy (non-hydrogen) atoms. The molecule has 0 fully saturated rings. The number of oxazole rings is 1. The zero-order valence-electron chi connectivity index (χ0n) is 21.8. The van der Waals surface area contributed by atoms with Crippen molar-refractivity contribution in [2.24, 2.45) is 0 Å². The van der Waals surface area contributed by atoms with Crippen molar-refractivity contribution in [1.29, 1.82) is 0 Å². The third-order valence-electron chi connectivity index (χ3n) is 6.29. The highest BCUT2D eigenvalue weighted by molar-refractivity contribution is 7.80. The Bertz CT molecular complexity index is 1610. The van der Waals surface area contributed by atoms with Crippen molar-refractivity contribution in [3.63, 3.8) is 0 Å². The number of hydrogen-bond donors (Lipinski definition) is 2. The third-order valence-corrected chi connectivity index (χ3v) is 6.49. The van der Waals surface area contributed by atoms with Crippen molar-refractivity contribution in [2.75, 3.05) is 12.4 Å². The summed E-state index contributed by atoms with van der Waals surface area (Å²) in [6.45, 7) is 4.53. The summed E-state index contributed by atoms with van der Waals surface area (Å²) in [5.41, 5.74) is 6.62. The van der Waals surface area contributed by atoms with Gasteiger partial charge in [-0.3, -0.25) is 10.1 Å². The van der Waals surface area contributed by atoms with Crippen molar-refractivity contribution < 1.29 is 18.7 Å². The second kappa shape index (κ2) is 11.4.